The van der Waals surface area contributed by atoms with Crippen LogP contribution in [0.2, 0.25) is 0 Å². The lowest BCUT2D eigenvalue weighted by atomic mass is 9.82. The van der Waals surface area contributed by atoms with Crippen LogP contribution in [0.1, 0.15) is 38.2 Å². The van der Waals surface area contributed by atoms with Gasteiger partial charge in [0.2, 0.25) is 0 Å². The molecule has 3 nitrogen and oxygen atoms in total. The van der Waals surface area contributed by atoms with Crippen molar-refractivity contribution in [2.75, 3.05) is 20.8 Å². The fourth-order valence-corrected chi connectivity index (χ4v) is 3.65. The van der Waals surface area contributed by atoms with Crippen LogP contribution in [0, 0.1) is 11.8 Å². The maximum Gasteiger partial charge on any atom is 0.161 e. The Morgan fingerprint density at radius 3 is 2.57 bits per heavy atom. The zero-order chi connectivity index (χ0) is 15.2. The number of ether oxygens (including phenoxy) is 2. The molecule has 4 heteroatoms. The molecule has 0 saturated heterocycles. The first kappa shape index (κ1) is 16.6. The molecule has 118 valence electrons. The SMILES string of the molecule is COc1cc(Br)c(CNCC2CCCC(C)C2)cc1OC. The minimum Gasteiger partial charge on any atom is -0.493 e. The summed E-state index contributed by atoms with van der Waals surface area (Å²) < 4.78 is 11.7. The van der Waals surface area contributed by atoms with Crippen molar-refractivity contribution in [1.29, 1.82) is 0 Å². The highest BCUT2D eigenvalue weighted by atomic mass is 79.9. The monoisotopic (exact) mass is 355 g/mol. The minimum absolute atomic E-state index is 0.759. The van der Waals surface area contributed by atoms with Gasteiger partial charge >= 0.3 is 0 Å². The third-order valence-electron chi connectivity index (χ3n) is 4.35. The van der Waals surface area contributed by atoms with Crippen LogP contribution in [-0.2, 0) is 6.54 Å². The van der Waals surface area contributed by atoms with Crippen molar-refractivity contribution in [3.8, 4) is 11.5 Å². The third kappa shape index (κ3) is 4.62. The second-order valence-electron chi connectivity index (χ2n) is 6.07. The molecule has 1 aromatic carbocycles. The minimum atomic E-state index is 0.759. The molecule has 21 heavy (non-hydrogen) atoms. The summed E-state index contributed by atoms with van der Waals surface area (Å²) in [5, 5.41) is 3.60. The van der Waals surface area contributed by atoms with E-state index in [2.05, 4.69) is 28.2 Å². The van der Waals surface area contributed by atoms with Gasteiger partial charge in [-0.3, -0.25) is 0 Å². The summed E-state index contributed by atoms with van der Waals surface area (Å²) >= 11 is 3.61. The van der Waals surface area contributed by atoms with E-state index in [0.717, 1.165) is 40.9 Å². The number of halogens is 1. The number of methoxy groups -OCH3 is 2. The molecule has 2 rings (SSSR count). The van der Waals surface area contributed by atoms with Gasteiger partial charge in [0, 0.05) is 11.0 Å². The van der Waals surface area contributed by atoms with Gasteiger partial charge in [-0.25, -0.2) is 0 Å². The molecule has 1 saturated carbocycles. The molecule has 1 aliphatic carbocycles. The lowest BCUT2D eigenvalue weighted by Crippen LogP contribution is -2.26. The second-order valence-corrected chi connectivity index (χ2v) is 6.92. The first-order valence-corrected chi connectivity index (χ1v) is 8.54. The first-order chi connectivity index (χ1) is 10.1. The van der Waals surface area contributed by atoms with Crippen molar-refractivity contribution < 1.29 is 9.47 Å². The predicted octanol–water partition coefficient (Wildman–Crippen LogP) is 4.38. The summed E-state index contributed by atoms with van der Waals surface area (Å²) in [4.78, 5) is 0. The zero-order valence-electron chi connectivity index (χ0n) is 13.2. The molecule has 1 N–H and O–H groups in total. The van der Waals surface area contributed by atoms with E-state index in [9.17, 15) is 0 Å². The molecular weight excluding hydrogens is 330 g/mol. The standard InChI is InChI=1S/C17H26BrNO2/c1-12-5-4-6-13(7-12)10-19-11-14-8-16(20-2)17(21-3)9-15(14)18/h8-9,12-13,19H,4-7,10-11H2,1-3H3. The third-order valence-corrected chi connectivity index (χ3v) is 5.08. The van der Waals surface area contributed by atoms with E-state index in [1.807, 2.05) is 12.1 Å². The maximum atomic E-state index is 5.37. The van der Waals surface area contributed by atoms with Gasteiger partial charge in [-0.05, 0) is 48.9 Å². The number of benzene rings is 1. The molecule has 0 bridgehead atoms. The zero-order valence-corrected chi connectivity index (χ0v) is 14.8. The van der Waals surface area contributed by atoms with Gasteiger partial charge in [0.05, 0.1) is 14.2 Å². The Hall–Kier alpha value is -0.740. The average molecular weight is 356 g/mol. The Balaban J connectivity index is 1.90. The summed E-state index contributed by atoms with van der Waals surface area (Å²) in [5.41, 5.74) is 1.21. The van der Waals surface area contributed by atoms with E-state index in [0.29, 0.717) is 0 Å². The van der Waals surface area contributed by atoms with E-state index >= 15 is 0 Å². The average Bonchev–Trinajstić information content (AvgIpc) is 2.48. The lowest BCUT2D eigenvalue weighted by Gasteiger charge is -2.27. The molecule has 0 heterocycles. The summed E-state index contributed by atoms with van der Waals surface area (Å²) in [6.45, 7) is 4.33. The summed E-state index contributed by atoms with van der Waals surface area (Å²) in [6, 6.07) is 4.01. The van der Waals surface area contributed by atoms with Gasteiger partial charge in [0.1, 0.15) is 0 Å². The first-order valence-electron chi connectivity index (χ1n) is 7.75. The van der Waals surface area contributed by atoms with Gasteiger partial charge in [-0.1, -0.05) is 35.7 Å². The van der Waals surface area contributed by atoms with Crippen LogP contribution in [0.15, 0.2) is 16.6 Å². The fourth-order valence-electron chi connectivity index (χ4n) is 3.19. The molecule has 1 aromatic rings. The smallest absolute Gasteiger partial charge is 0.161 e. The van der Waals surface area contributed by atoms with E-state index < -0.39 is 0 Å². The van der Waals surface area contributed by atoms with E-state index in [1.54, 1.807) is 14.2 Å². The van der Waals surface area contributed by atoms with Crippen molar-refractivity contribution in [3.05, 3.63) is 22.2 Å². The van der Waals surface area contributed by atoms with E-state index in [1.165, 1.54) is 31.2 Å². The van der Waals surface area contributed by atoms with Crippen molar-refractivity contribution in [2.24, 2.45) is 11.8 Å². The van der Waals surface area contributed by atoms with Crippen LogP contribution >= 0.6 is 15.9 Å². The highest BCUT2D eigenvalue weighted by Gasteiger charge is 2.18. The van der Waals surface area contributed by atoms with Crippen LogP contribution < -0.4 is 14.8 Å². The van der Waals surface area contributed by atoms with Gasteiger partial charge in [0.25, 0.3) is 0 Å². The van der Waals surface area contributed by atoms with Gasteiger partial charge in [-0.2, -0.15) is 0 Å². The Kier molecular flexibility index (Phi) is 6.37. The maximum absolute atomic E-state index is 5.37. The molecule has 2 unspecified atom stereocenters. The summed E-state index contributed by atoms with van der Waals surface area (Å²) in [5.74, 6) is 3.25. The van der Waals surface area contributed by atoms with Crippen LogP contribution in [-0.4, -0.2) is 20.8 Å². The van der Waals surface area contributed by atoms with Crippen LogP contribution in [0.4, 0.5) is 0 Å². The molecule has 1 aliphatic rings. The van der Waals surface area contributed by atoms with Crippen molar-refractivity contribution in [1.82, 2.24) is 5.32 Å². The van der Waals surface area contributed by atoms with Crippen LogP contribution in [0.25, 0.3) is 0 Å². The van der Waals surface area contributed by atoms with E-state index in [-0.39, 0.29) is 0 Å². The molecule has 2 atom stereocenters. The molecule has 0 aliphatic heterocycles. The molecule has 1 fully saturated rings. The van der Waals surface area contributed by atoms with E-state index in [4.69, 9.17) is 9.47 Å². The van der Waals surface area contributed by atoms with Gasteiger partial charge in [0.15, 0.2) is 11.5 Å². The molecule has 0 radical (unpaired) electrons. The fraction of sp³-hybridized carbons (Fsp3) is 0.647. The lowest BCUT2D eigenvalue weighted by molar-refractivity contribution is 0.274. The van der Waals surface area contributed by atoms with Crippen molar-refractivity contribution >= 4 is 15.9 Å². The highest BCUT2D eigenvalue weighted by molar-refractivity contribution is 9.10. The summed E-state index contributed by atoms with van der Waals surface area (Å²) in [6.07, 6.45) is 5.51. The molecule has 0 aromatic heterocycles. The normalized spacial score (nSPS) is 22.1. The Bertz CT molecular complexity index is 464. The van der Waals surface area contributed by atoms with Gasteiger partial charge in [-0.15, -0.1) is 0 Å². The summed E-state index contributed by atoms with van der Waals surface area (Å²) in [7, 11) is 3.33. The Morgan fingerprint density at radius 2 is 1.90 bits per heavy atom. The Labute approximate surface area is 136 Å². The van der Waals surface area contributed by atoms with Crippen molar-refractivity contribution in [3.63, 3.8) is 0 Å². The van der Waals surface area contributed by atoms with Crippen LogP contribution in [0.5, 0.6) is 11.5 Å². The topological polar surface area (TPSA) is 30.5 Å². The molecule has 0 amide bonds. The Morgan fingerprint density at radius 1 is 1.19 bits per heavy atom. The predicted molar refractivity (Wildman–Crippen MR) is 90.1 cm³/mol. The highest BCUT2D eigenvalue weighted by Crippen LogP contribution is 2.33. The van der Waals surface area contributed by atoms with Gasteiger partial charge < -0.3 is 14.8 Å². The number of nitrogens with one attached hydrogen (secondary N) is 1. The van der Waals surface area contributed by atoms with Crippen LogP contribution in [0.3, 0.4) is 0 Å². The largest absolute Gasteiger partial charge is 0.493 e. The second kappa shape index (κ2) is 8.04. The quantitative estimate of drug-likeness (QED) is 0.820. The molecular formula is C17H26BrNO2. The number of hydrogen-bond acceptors (Lipinski definition) is 3. The van der Waals surface area contributed by atoms with Crippen molar-refractivity contribution in [2.45, 2.75) is 39.2 Å². The number of hydrogen-bond donors (Lipinski definition) is 1. The molecule has 0 spiro atoms. The number of rotatable bonds is 6.